The SMILES string of the molecule is C.CCc1ccc(-c2ccc(C(=O)N[C@@H](CCCCN)C(=O)NO)cc2)cc1. The maximum Gasteiger partial charge on any atom is 0.265 e. The minimum absolute atomic E-state index is 0. The van der Waals surface area contributed by atoms with Gasteiger partial charge in [-0.1, -0.05) is 50.7 Å². The molecule has 0 spiro atoms. The number of carbonyl (C=O) groups is 2. The average Bonchev–Trinajstić information content (AvgIpc) is 2.72. The maximum atomic E-state index is 12.4. The second-order valence-corrected chi connectivity index (χ2v) is 6.41. The molecule has 0 aliphatic rings. The van der Waals surface area contributed by atoms with Crippen molar-refractivity contribution in [3.63, 3.8) is 0 Å². The summed E-state index contributed by atoms with van der Waals surface area (Å²) in [7, 11) is 0. The van der Waals surface area contributed by atoms with E-state index in [0.717, 1.165) is 24.0 Å². The molecule has 152 valence electrons. The van der Waals surface area contributed by atoms with Gasteiger partial charge in [-0.05, 0) is 61.1 Å². The van der Waals surface area contributed by atoms with E-state index in [9.17, 15) is 9.59 Å². The van der Waals surface area contributed by atoms with Gasteiger partial charge in [-0.2, -0.15) is 0 Å². The lowest BCUT2D eigenvalue weighted by atomic mass is 10.0. The Hall–Kier alpha value is -2.70. The van der Waals surface area contributed by atoms with Gasteiger partial charge in [0.2, 0.25) is 0 Å². The summed E-state index contributed by atoms with van der Waals surface area (Å²) in [5.74, 6) is -0.989. The molecule has 0 aliphatic carbocycles. The van der Waals surface area contributed by atoms with Gasteiger partial charge in [0.15, 0.2) is 0 Å². The molecule has 5 N–H and O–H groups in total. The quantitative estimate of drug-likeness (QED) is 0.302. The summed E-state index contributed by atoms with van der Waals surface area (Å²) in [5, 5.41) is 11.5. The predicted octanol–water partition coefficient (Wildman–Crippen LogP) is 3.28. The number of hydroxylamine groups is 1. The number of hydrogen-bond acceptors (Lipinski definition) is 4. The monoisotopic (exact) mass is 385 g/mol. The fourth-order valence-electron chi connectivity index (χ4n) is 2.83. The molecule has 6 nitrogen and oxygen atoms in total. The Morgan fingerprint density at radius 3 is 2.07 bits per heavy atom. The van der Waals surface area contributed by atoms with Gasteiger partial charge in [-0.25, -0.2) is 5.48 Å². The zero-order valence-electron chi connectivity index (χ0n) is 15.6. The van der Waals surface area contributed by atoms with E-state index in [4.69, 9.17) is 10.9 Å². The fraction of sp³-hybridized carbons (Fsp3) is 0.364. The molecule has 0 aliphatic heterocycles. The summed E-state index contributed by atoms with van der Waals surface area (Å²) >= 11 is 0. The third kappa shape index (κ3) is 6.48. The van der Waals surface area contributed by atoms with Gasteiger partial charge in [0.1, 0.15) is 6.04 Å². The van der Waals surface area contributed by atoms with Gasteiger partial charge in [-0.15, -0.1) is 0 Å². The van der Waals surface area contributed by atoms with Gasteiger partial charge < -0.3 is 11.1 Å². The van der Waals surface area contributed by atoms with Crippen LogP contribution in [0.2, 0.25) is 0 Å². The Labute approximate surface area is 167 Å². The molecule has 0 fully saturated rings. The number of nitrogens with one attached hydrogen (secondary N) is 2. The molecule has 0 aromatic heterocycles. The number of nitrogens with two attached hydrogens (primary N) is 1. The van der Waals surface area contributed by atoms with E-state index in [2.05, 4.69) is 36.5 Å². The summed E-state index contributed by atoms with van der Waals surface area (Å²) in [4.78, 5) is 24.2. The van der Waals surface area contributed by atoms with Crippen molar-refractivity contribution in [2.45, 2.75) is 46.1 Å². The fourth-order valence-corrected chi connectivity index (χ4v) is 2.83. The first-order chi connectivity index (χ1) is 13.1. The van der Waals surface area contributed by atoms with Crippen LogP contribution in [0.4, 0.5) is 0 Å². The Balaban J connectivity index is 0.00000392. The Morgan fingerprint density at radius 2 is 1.57 bits per heavy atom. The second-order valence-electron chi connectivity index (χ2n) is 6.41. The largest absolute Gasteiger partial charge is 0.340 e. The van der Waals surface area contributed by atoms with Gasteiger partial charge in [0.05, 0.1) is 0 Å². The highest BCUT2D eigenvalue weighted by Crippen LogP contribution is 2.20. The van der Waals surface area contributed by atoms with Crippen LogP contribution in [0.15, 0.2) is 48.5 Å². The number of hydrogen-bond donors (Lipinski definition) is 4. The van der Waals surface area contributed by atoms with Crippen LogP contribution in [0.5, 0.6) is 0 Å². The molecule has 0 bridgehead atoms. The van der Waals surface area contributed by atoms with E-state index in [-0.39, 0.29) is 13.3 Å². The summed E-state index contributed by atoms with van der Waals surface area (Å²) in [6, 6.07) is 14.7. The molecule has 0 heterocycles. The normalized spacial score (nSPS) is 11.2. The van der Waals surface area contributed by atoms with Crippen LogP contribution in [0.1, 0.15) is 49.5 Å². The van der Waals surface area contributed by atoms with Crippen LogP contribution in [0.25, 0.3) is 11.1 Å². The number of rotatable bonds is 9. The van der Waals surface area contributed by atoms with Crippen LogP contribution in [0, 0.1) is 0 Å². The van der Waals surface area contributed by atoms with Crippen molar-refractivity contribution in [3.05, 3.63) is 59.7 Å². The van der Waals surface area contributed by atoms with E-state index < -0.39 is 11.9 Å². The number of amides is 2. The number of aryl methyl sites for hydroxylation is 1. The molecule has 2 aromatic rings. The first kappa shape index (κ1) is 23.3. The molecule has 28 heavy (non-hydrogen) atoms. The standard InChI is InChI=1S/C21H27N3O3.CH4/c1-2-15-6-8-16(9-7-15)17-10-12-18(13-11-17)20(25)23-19(21(26)24-27)5-3-4-14-22;/h6-13,19,27H,2-5,14,22H2,1H3,(H,23,25)(H,24,26);1H4/t19-;/m0./s1. The van der Waals surface area contributed by atoms with Crippen LogP contribution >= 0.6 is 0 Å². The van der Waals surface area contributed by atoms with Crippen LogP contribution in [-0.4, -0.2) is 29.6 Å². The van der Waals surface area contributed by atoms with Crippen molar-refractivity contribution >= 4 is 11.8 Å². The minimum Gasteiger partial charge on any atom is -0.340 e. The van der Waals surface area contributed by atoms with Crippen LogP contribution in [0.3, 0.4) is 0 Å². The van der Waals surface area contributed by atoms with Gasteiger partial charge >= 0.3 is 0 Å². The Kier molecular flexibility index (Phi) is 9.92. The summed E-state index contributed by atoms with van der Waals surface area (Å²) < 4.78 is 0. The van der Waals surface area contributed by atoms with E-state index in [1.165, 1.54) is 5.56 Å². The molecule has 2 rings (SSSR count). The maximum absolute atomic E-state index is 12.4. The molecule has 1 atom stereocenters. The third-order valence-electron chi connectivity index (χ3n) is 4.52. The van der Waals surface area contributed by atoms with Gasteiger partial charge in [-0.3, -0.25) is 14.8 Å². The van der Waals surface area contributed by atoms with Crippen molar-refractivity contribution in [2.24, 2.45) is 5.73 Å². The molecule has 6 heteroatoms. The lowest BCUT2D eigenvalue weighted by Gasteiger charge is -2.16. The lowest BCUT2D eigenvalue weighted by molar-refractivity contribution is -0.131. The highest BCUT2D eigenvalue weighted by molar-refractivity contribution is 5.97. The van der Waals surface area contributed by atoms with Crippen molar-refractivity contribution < 1.29 is 14.8 Å². The molecule has 0 radical (unpaired) electrons. The van der Waals surface area contributed by atoms with E-state index >= 15 is 0 Å². The van der Waals surface area contributed by atoms with Gasteiger partial charge in [0, 0.05) is 5.56 Å². The topological polar surface area (TPSA) is 104 Å². The smallest absolute Gasteiger partial charge is 0.265 e. The zero-order valence-corrected chi connectivity index (χ0v) is 15.6. The van der Waals surface area contributed by atoms with E-state index in [1.54, 1.807) is 17.6 Å². The van der Waals surface area contributed by atoms with Crippen molar-refractivity contribution in [1.29, 1.82) is 0 Å². The first-order valence-corrected chi connectivity index (χ1v) is 9.23. The van der Waals surface area contributed by atoms with Crippen LogP contribution in [-0.2, 0) is 11.2 Å². The van der Waals surface area contributed by atoms with Crippen molar-refractivity contribution in [1.82, 2.24) is 10.8 Å². The molecular formula is C22H31N3O3. The highest BCUT2D eigenvalue weighted by Gasteiger charge is 2.20. The zero-order chi connectivity index (χ0) is 19.6. The molecule has 0 unspecified atom stereocenters. The number of benzene rings is 2. The summed E-state index contributed by atoms with van der Waals surface area (Å²) in [6.45, 7) is 2.63. The second kappa shape index (κ2) is 11.9. The van der Waals surface area contributed by atoms with E-state index in [0.29, 0.717) is 24.9 Å². The minimum atomic E-state index is -0.796. The number of carbonyl (C=O) groups excluding carboxylic acids is 2. The highest BCUT2D eigenvalue weighted by atomic mass is 16.5. The molecule has 2 amide bonds. The van der Waals surface area contributed by atoms with Crippen LogP contribution < -0.4 is 16.5 Å². The Morgan fingerprint density at radius 1 is 1.00 bits per heavy atom. The number of unbranched alkanes of at least 4 members (excludes halogenated alkanes) is 1. The molecular weight excluding hydrogens is 354 g/mol. The summed E-state index contributed by atoms with van der Waals surface area (Å²) in [6.07, 6.45) is 2.84. The molecule has 0 saturated heterocycles. The Bertz CT molecular complexity index is 743. The lowest BCUT2D eigenvalue weighted by Crippen LogP contribution is -2.45. The van der Waals surface area contributed by atoms with Gasteiger partial charge in [0.25, 0.3) is 11.8 Å². The predicted molar refractivity (Wildman–Crippen MR) is 112 cm³/mol. The van der Waals surface area contributed by atoms with Crippen molar-refractivity contribution in [3.8, 4) is 11.1 Å². The summed E-state index contributed by atoms with van der Waals surface area (Å²) in [5.41, 5.74) is 10.9. The molecule has 2 aromatic carbocycles. The van der Waals surface area contributed by atoms with E-state index in [1.807, 2.05) is 12.1 Å². The van der Waals surface area contributed by atoms with Crippen molar-refractivity contribution in [2.75, 3.05) is 6.54 Å². The average molecular weight is 386 g/mol. The third-order valence-corrected chi connectivity index (χ3v) is 4.52. The first-order valence-electron chi connectivity index (χ1n) is 9.23. The molecule has 0 saturated carbocycles.